The monoisotopic (exact) mass is 448 g/mol. The second-order valence-corrected chi connectivity index (χ2v) is 8.70. The minimum Gasteiger partial charge on any atom is -0.355 e. The summed E-state index contributed by atoms with van der Waals surface area (Å²) >= 11 is 0. The summed E-state index contributed by atoms with van der Waals surface area (Å²) in [5, 5.41) is 18.0. The molecular weight excluding hydrogens is 420 g/mol. The fourth-order valence-corrected chi connectivity index (χ4v) is 4.43. The van der Waals surface area contributed by atoms with Gasteiger partial charge in [-0.05, 0) is 38.8 Å². The van der Waals surface area contributed by atoms with E-state index in [1.165, 1.54) is 10.8 Å². The van der Waals surface area contributed by atoms with Gasteiger partial charge in [0.15, 0.2) is 0 Å². The first-order valence-electron chi connectivity index (χ1n) is 11.0. The van der Waals surface area contributed by atoms with Gasteiger partial charge in [-0.2, -0.15) is 15.5 Å². The number of nitrogens with two attached hydrogens (primary N) is 1. The second-order valence-electron chi connectivity index (χ2n) is 8.70. The number of allylic oxidation sites excluding steroid dienone is 2. The van der Waals surface area contributed by atoms with Crippen LogP contribution in [0.1, 0.15) is 37.9 Å². The largest absolute Gasteiger partial charge is 0.355 e. The number of aromatic nitrogens is 5. The third-order valence-electron chi connectivity index (χ3n) is 6.01. The van der Waals surface area contributed by atoms with Crippen LogP contribution in [0.25, 0.3) is 11.0 Å². The Balaban J connectivity index is 2.04. The van der Waals surface area contributed by atoms with E-state index in [4.69, 9.17) is 5.73 Å². The van der Waals surface area contributed by atoms with Gasteiger partial charge in [0, 0.05) is 38.9 Å². The van der Waals surface area contributed by atoms with Crippen LogP contribution in [0.5, 0.6) is 0 Å². The van der Waals surface area contributed by atoms with E-state index in [0.29, 0.717) is 41.2 Å². The van der Waals surface area contributed by atoms with Crippen molar-refractivity contribution >= 4 is 16.9 Å². The molecule has 4 rings (SSSR count). The van der Waals surface area contributed by atoms with Crippen LogP contribution in [0.15, 0.2) is 39.6 Å². The van der Waals surface area contributed by atoms with Crippen molar-refractivity contribution in [1.82, 2.24) is 23.9 Å². The third-order valence-corrected chi connectivity index (χ3v) is 6.01. The molecule has 1 aliphatic rings. The van der Waals surface area contributed by atoms with E-state index in [1.54, 1.807) is 19.2 Å². The molecule has 0 spiro atoms. The van der Waals surface area contributed by atoms with Gasteiger partial charge in [-0.3, -0.25) is 13.9 Å². The summed E-state index contributed by atoms with van der Waals surface area (Å²) in [4.78, 5) is 29.0. The smallest absolute Gasteiger partial charge is 0.331 e. The first-order chi connectivity index (χ1) is 15.8. The quantitative estimate of drug-likeness (QED) is 0.579. The van der Waals surface area contributed by atoms with Gasteiger partial charge in [0.05, 0.1) is 17.8 Å². The van der Waals surface area contributed by atoms with Crippen LogP contribution in [0.3, 0.4) is 0 Å². The lowest BCUT2D eigenvalue weighted by atomic mass is 10.1. The highest BCUT2D eigenvalue weighted by Gasteiger charge is 2.29. The van der Waals surface area contributed by atoms with Gasteiger partial charge in [-0.1, -0.05) is 11.6 Å². The van der Waals surface area contributed by atoms with Crippen molar-refractivity contribution < 1.29 is 0 Å². The summed E-state index contributed by atoms with van der Waals surface area (Å²) < 4.78 is 4.39. The van der Waals surface area contributed by atoms with Gasteiger partial charge in [0.1, 0.15) is 23.0 Å². The SMILES string of the molecule is CC(C)=CCn1c(N2CCCC(N)C2)c(C#N)c2c1c(=O)n(Cc1cccnn1)c(=O)n2C. The number of nitriles is 1. The molecule has 3 aromatic heterocycles. The summed E-state index contributed by atoms with van der Waals surface area (Å²) in [6.45, 7) is 5.68. The molecule has 33 heavy (non-hydrogen) atoms. The fraction of sp³-hybridized carbons (Fsp3) is 0.435. The van der Waals surface area contributed by atoms with Gasteiger partial charge in [0.25, 0.3) is 5.56 Å². The molecule has 0 aromatic carbocycles. The zero-order valence-electron chi connectivity index (χ0n) is 19.2. The Morgan fingerprint density at radius 3 is 2.73 bits per heavy atom. The molecule has 0 saturated carbocycles. The van der Waals surface area contributed by atoms with Gasteiger partial charge in [-0.15, -0.1) is 0 Å². The molecular formula is C23H28N8O2. The van der Waals surface area contributed by atoms with E-state index in [-0.39, 0.29) is 12.6 Å². The Hall–Kier alpha value is -3.71. The van der Waals surface area contributed by atoms with Crippen LogP contribution >= 0.6 is 0 Å². The van der Waals surface area contributed by atoms with Gasteiger partial charge in [-0.25, -0.2) is 4.79 Å². The lowest BCUT2D eigenvalue weighted by Gasteiger charge is -2.33. The minimum atomic E-state index is -0.504. The van der Waals surface area contributed by atoms with Crippen molar-refractivity contribution in [2.45, 2.75) is 45.8 Å². The highest BCUT2D eigenvalue weighted by molar-refractivity contribution is 5.90. The summed E-state index contributed by atoms with van der Waals surface area (Å²) in [6, 6.07) is 5.68. The number of anilines is 1. The summed E-state index contributed by atoms with van der Waals surface area (Å²) in [5.41, 5.74) is 7.86. The number of piperidine rings is 1. The normalized spacial score (nSPS) is 16.1. The van der Waals surface area contributed by atoms with Crippen molar-refractivity contribution in [3.05, 3.63) is 62.1 Å². The predicted molar refractivity (Wildman–Crippen MR) is 126 cm³/mol. The summed E-state index contributed by atoms with van der Waals surface area (Å²) in [7, 11) is 1.59. The van der Waals surface area contributed by atoms with Crippen molar-refractivity contribution in [3.8, 4) is 6.07 Å². The number of aryl methyl sites for hydroxylation is 1. The zero-order chi connectivity index (χ0) is 23.7. The van der Waals surface area contributed by atoms with Crippen molar-refractivity contribution in [2.24, 2.45) is 12.8 Å². The molecule has 2 N–H and O–H groups in total. The number of hydrogen-bond acceptors (Lipinski definition) is 7. The molecule has 172 valence electrons. The molecule has 10 nitrogen and oxygen atoms in total. The molecule has 3 aromatic rings. The first-order valence-corrected chi connectivity index (χ1v) is 11.0. The number of nitrogens with zero attached hydrogens (tertiary/aromatic N) is 7. The van der Waals surface area contributed by atoms with Crippen LogP contribution in [0, 0.1) is 11.3 Å². The molecule has 4 heterocycles. The molecule has 10 heteroatoms. The minimum absolute atomic E-state index is 0.00504. The highest BCUT2D eigenvalue weighted by Crippen LogP contribution is 2.32. The van der Waals surface area contributed by atoms with E-state index in [2.05, 4.69) is 21.2 Å². The van der Waals surface area contributed by atoms with Crippen LogP contribution < -0.4 is 21.9 Å². The molecule has 1 atom stereocenters. The van der Waals surface area contributed by atoms with E-state index in [0.717, 1.165) is 29.5 Å². The Kier molecular flexibility index (Phi) is 6.16. The summed E-state index contributed by atoms with van der Waals surface area (Å²) in [6.07, 6.45) is 5.35. The van der Waals surface area contributed by atoms with Crippen LogP contribution in [0.4, 0.5) is 5.82 Å². The Morgan fingerprint density at radius 2 is 2.09 bits per heavy atom. The van der Waals surface area contributed by atoms with Crippen LogP contribution in [-0.2, 0) is 20.1 Å². The van der Waals surface area contributed by atoms with Crippen LogP contribution in [0.2, 0.25) is 0 Å². The Labute approximate surface area is 191 Å². The van der Waals surface area contributed by atoms with E-state index >= 15 is 0 Å². The lowest BCUT2D eigenvalue weighted by Crippen LogP contribution is -2.44. The molecule has 1 saturated heterocycles. The molecule has 0 aliphatic carbocycles. The lowest BCUT2D eigenvalue weighted by molar-refractivity contribution is 0.498. The average molecular weight is 449 g/mol. The topological polar surface area (TPSA) is 128 Å². The second kappa shape index (κ2) is 9.03. The van der Waals surface area contributed by atoms with Crippen molar-refractivity contribution in [2.75, 3.05) is 18.0 Å². The first kappa shape index (κ1) is 22.5. The predicted octanol–water partition coefficient (Wildman–Crippen LogP) is 1.11. The van der Waals surface area contributed by atoms with Gasteiger partial charge < -0.3 is 15.2 Å². The zero-order valence-corrected chi connectivity index (χ0v) is 19.2. The van der Waals surface area contributed by atoms with E-state index in [1.807, 2.05) is 24.5 Å². The molecule has 1 fully saturated rings. The maximum absolute atomic E-state index is 13.7. The van der Waals surface area contributed by atoms with Gasteiger partial charge in [0.2, 0.25) is 0 Å². The molecule has 0 bridgehead atoms. The third kappa shape index (κ3) is 4.07. The van der Waals surface area contributed by atoms with Crippen LogP contribution in [-0.4, -0.2) is 43.0 Å². The standard InChI is InChI=1S/C23H28N8O2/c1-15(2)8-11-30-20-19(18(12-24)21(30)29-10-5-6-16(25)13-29)28(3)23(33)31(22(20)32)14-17-7-4-9-26-27-17/h4,7-9,16H,5-6,10-11,13-14,25H2,1-3H3. The van der Waals surface area contributed by atoms with E-state index in [9.17, 15) is 14.9 Å². The maximum atomic E-state index is 13.7. The molecule has 1 aliphatic heterocycles. The average Bonchev–Trinajstić information content (AvgIpc) is 3.14. The van der Waals surface area contributed by atoms with Gasteiger partial charge >= 0.3 is 5.69 Å². The number of hydrogen-bond donors (Lipinski definition) is 1. The molecule has 0 amide bonds. The summed E-state index contributed by atoms with van der Waals surface area (Å²) in [5.74, 6) is 0.643. The fourth-order valence-electron chi connectivity index (χ4n) is 4.43. The number of rotatable bonds is 5. The Morgan fingerprint density at radius 1 is 1.30 bits per heavy atom. The number of fused-ring (bicyclic) bond motifs is 1. The van der Waals surface area contributed by atoms with E-state index < -0.39 is 11.2 Å². The molecule has 1 unspecified atom stereocenters. The highest BCUT2D eigenvalue weighted by atomic mass is 16.2. The van der Waals surface area contributed by atoms with Crippen molar-refractivity contribution in [1.29, 1.82) is 5.26 Å². The molecule has 0 radical (unpaired) electrons. The van der Waals surface area contributed by atoms with Crippen molar-refractivity contribution in [3.63, 3.8) is 0 Å². The maximum Gasteiger partial charge on any atom is 0.331 e. The Bertz CT molecular complexity index is 1370.